The second kappa shape index (κ2) is 8.25. The third kappa shape index (κ3) is 4.43. The van der Waals surface area contributed by atoms with Crippen LogP contribution in [0.15, 0.2) is 0 Å². The van der Waals surface area contributed by atoms with Crippen molar-refractivity contribution in [3.05, 3.63) is 0 Å². The Kier molecular flexibility index (Phi) is 8.20. The van der Waals surface area contributed by atoms with Crippen molar-refractivity contribution in [1.82, 2.24) is 4.90 Å². The van der Waals surface area contributed by atoms with Crippen molar-refractivity contribution in [2.75, 3.05) is 26.8 Å². The molecule has 86 valence electrons. The van der Waals surface area contributed by atoms with Crippen LogP contribution < -0.4 is 0 Å². The lowest BCUT2D eigenvalue weighted by Gasteiger charge is -2.26. The molecule has 0 aromatic carbocycles. The minimum absolute atomic E-state index is 0.796. The van der Waals surface area contributed by atoms with E-state index in [2.05, 4.69) is 18.7 Å². The summed E-state index contributed by atoms with van der Waals surface area (Å²) in [6.07, 6.45) is 2.74. The van der Waals surface area contributed by atoms with Gasteiger partial charge in [0.25, 0.3) is 0 Å². The molecule has 1 aliphatic heterocycles. The van der Waals surface area contributed by atoms with Crippen molar-refractivity contribution in [2.45, 2.75) is 46.6 Å². The van der Waals surface area contributed by atoms with E-state index >= 15 is 0 Å². The maximum absolute atomic E-state index is 5.09. The molecule has 1 atom stereocenters. The highest BCUT2D eigenvalue weighted by Gasteiger charge is 2.25. The third-order valence-corrected chi connectivity index (χ3v) is 2.77. The first kappa shape index (κ1) is 13.9. The molecular weight excluding hydrogens is 174 g/mol. The van der Waals surface area contributed by atoms with Crippen LogP contribution in [0, 0.1) is 5.92 Å². The molecule has 1 rings (SSSR count). The average molecular weight is 201 g/mol. The van der Waals surface area contributed by atoms with Crippen molar-refractivity contribution in [3.63, 3.8) is 0 Å². The molecule has 0 amide bonds. The van der Waals surface area contributed by atoms with Gasteiger partial charge in [-0.1, -0.05) is 27.7 Å². The summed E-state index contributed by atoms with van der Waals surface area (Å²) >= 11 is 0. The Balaban J connectivity index is 0.000000791. The molecular formula is C12H27NO. The van der Waals surface area contributed by atoms with E-state index < -0.39 is 0 Å². The van der Waals surface area contributed by atoms with Crippen molar-refractivity contribution in [2.24, 2.45) is 5.92 Å². The molecule has 0 radical (unpaired) electrons. The Morgan fingerprint density at radius 2 is 2.00 bits per heavy atom. The summed E-state index contributed by atoms with van der Waals surface area (Å²) in [7, 11) is 1.78. The number of hydrogen-bond donors (Lipinski definition) is 0. The summed E-state index contributed by atoms with van der Waals surface area (Å²) in [5, 5.41) is 0. The fraction of sp³-hybridized carbons (Fsp3) is 1.00. The normalized spacial score (nSPS) is 22.3. The summed E-state index contributed by atoms with van der Waals surface area (Å²) in [6, 6.07) is 0.806. The number of likely N-dealkylation sites (tertiary alicyclic amines) is 1. The van der Waals surface area contributed by atoms with Crippen LogP contribution in [0.4, 0.5) is 0 Å². The molecule has 0 aromatic heterocycles. The minimum Gasteiger partial charge on any atom is -0.383 e. The van der Waals surface area contributed by atoms with E-state index in [1.165, 1.54) is 19.4 Å². The topological polar surface area (TPSA) is 12.5 Å². The molecule has 1 unspecified atom stereocenters. The number of rotatable bonds is 4. The summed E-state index contributed by atoms with van der Waals surface area (Å²) in [4.78, 5) is 2.56. The van der Waals surface area contributed by atoms with E-state index in [4.69, 9.17) is 4.74 Å². The molecule has 0 bridgehead atoms. The van der Waals surface area contributed by atoms with Gasteiger partial charge in [-0.2, -0.15) is 0 Å². The maximum atomic E-state index is 5.09. The Labute approximate surface area is 89.6 Å². The van der Waals surface area contributed by atoms with E-state index in [1.54, 1.807) is 7.11 Å². The standard InChI is InChI=1S/C10H21NO.C2H6/c1-9(2)10-5-4-6-11(10)7-8-12-3;1-2/h9-10H,4-8H2,1-3H3;1-2H3. The molecule has 0 spiro atoms. The fourth-order valence-electron chi connectivity index (χ4n) is 2.09. The largest absolute Gasteiger partial charge is 0.383 e. The molecule has 0 saturated carbocycles. The number of nitrogens with zero attached hydrogens (tertiary/aromatic N) is 1. The first-order valence-electron chi connectivity index (χ1n) is 5.98. The highest BCUT2D eigenvalue weighted by molar-refractivity contribution is 4.80. The lowest BCUT2D eigenvalue weighted by Crippen LogP contribution is -2.35. The quantitative estimate of drug-likeness (QED) is 0.693. The van der Waals surface area contributed by atoms with Gasteiger partial charge in [-0.15, -0.1) is 0 Å². The second-order valence-electron chi connectivity index (χ2n) is 3.98. The number of hydrogen-bond acceptors (Lipinski definition) is 2. The molecule has 14 heavy (non-hydrogen) atoms. The molecule has 0 aliphatic carbocycles. The van der Waals surface area contributed by atoms with Crippen molar-refractivity contribution in [3.8, 4) is 0 Å². The molecule has 1 fully saturated rings. The molecule has 0 N–H and O–H groups in total. The van der Waals surface area contributed by atoms with Crippen LogP contribution in [-0.4, -0.2) is 37.7 Å². The van der Waals surface area contributed by atoms with Gasteiger partial charge in [-0.25, -0.2) is 0 Å². The monoisotopic (exact) mass is 201 g/mol. The van der Waals surface area contributed by atoms with E-state index in [0.29, 0.717) is 0 Å². The highest BCUT2D eigenvalue weighted by Crippen LogP contribution is 2.22. The second-order valence-corrected chi connectivity index (χ2v) is 3.98. The van der Waals surface area contributed by atoms with Crippen LogP contribution in [0.25, 0.3) is 0 Å². The summed E-state index contributed by atoms with van der Waals surface area (Å²) < 4.78 is 5.09. The van der Waals surface area contributed by atoms with Crippen LogP contribution in [0.1, 0.15) is 40.5 Å². The Bertz CT molecular complexity index is 125. The molecule has 2 heteroatoms. The minimum atomic E-state index is 0.796. The van der Waals surface area contributed by atoms with Gasteiger partial charge in [0.05, 0.1) is 6.61 Å². The smallest absolute Gasteiger partial charge is 0.0589 e. The SMILES string of the molecule is CC.COCCN1CCCC1C(C)C. The third-order valence-electron chi connectivity index (χ3n) is 2.77. The highest BCUT2D eigenvalue weighted by atomic mass is 16.5. The van der Waals surface area contributed by atoms with Crippen LogP contribution >= 0.6 is 0 Å². The number of ether oxygens (including phenoxy) is 1. The zero-order valence-corrected chi connectivity index (χ0v) is 10.5. The van der Waals surface area contributed by atoms with Crippen LogP contribution in [0.2, 0.25) is 0 Å². The molecule has 0 aromatic rings. The molecule has 1 aliphatic rings. The van der Waals surface area contributed by atoms with E-state index in [9.17, 15) is 0 Å². The lowest BCUT2D eigenvalue weighted by atomic mass is 10.0. The van der Waals surface area contributed by atoms with Crippen molar-refractivity contribution in [1.29, 1.82) is 0 Å². The molecule has 1 saturated heterocycles. The van der Waals surface area contributed by atoms with Gasteiger partial charge >= 0.3 is 0 Å². The summed E-state index contributed by atoms with van der Waals surface area (Å²) in [6.45, 7) is 11.9. The van der Waals surface area contributed by atoms with Gasteiger partial charge < -0.3 is 4.74 Å². The van der Waals surface area contributed by atoms with Gasteiger partial charge in [-0.05, 0) is 25.3 Å². The van der Waals surface area contributed by atoms with E-state index in [1.807, 2.05) is 13.8 Å². The van der Waals surface area contributed by atoms with Crippen LogP contribution in [0.3, 0.4) is 0 Å². The van der Waals surface area contributed by atoms with Gasteiger partial charge in [0, 0.05) is 19.7 Å². The van der Waals surface area contributed by atoms with Gasteiger partial charge in [0.15, 0.2) is 0 Å². The average Bonchev–Trinajstić information content (AvgIpc) is 2.66. The first-order valence-corrected chi connectivity index (χ1v) is 5.98. The Hall–Kier alpha value is -0.0800. The van der Waals surface area contributed by atoms with Gasteiger partial charge in [-0.3, -0.25) is 4.90 Å². The van der Waals surface area contributed by atoms with Gasteiger partial charge in [0.2, 0.25) is 0 Å². The zero-order valence-electron chi connectivity index (χ0n) is 10.5. The first-order chi connectivity index (χ1) is 6.75. The van der Waals surface area contributed by atoms with Crippen molar-refractivity contribution >= 4 is 0 Å². The van der Waals surface area contributed by atoms with Gasteiger partial charge in [0.1, 0.15) is 0 Å². The summed E-state index contributed by atoms with van der Waals surface area (Å²) in [5.74, 6) is 0.796. The molecule has 1 heterocycles. The predicted octanol–water partition coefficient (Wildman–Crippen LogP) is 2.78. The Morgan fingerprint density at radius 1 is 1.36 bits per heavy atom. The Morgan fingerprint density at radius 3 is 2.50 bits per heavy atom. The van der Waals surface area contributed by atoms with Crippen LogP contribution in [0.5, 0.6) is 0 Å². The van der Waals surface area contributed by atoms with Crippen LogP contribution in [-0.2, 0) is 4.74 Å². The van der Waals surface area contributed by atoms with E-state index in [0.717, 1.165) is 25.1 Å². The number of methoxy groups -OCH3 is 1. The summed E-state index contributed by atoms with van der Waals surface area (Å²) in [5.41, 5.74) is 0. The van der Waals surface area contributed by atoms with E-state index in [-0.39, 0.29) is 0 Å². The van der Waals surface area contributed by atoms with Crippen molar-refractivity contribution < 1.29 is 4.74 Å². The predicted molar refractivity (Wildman–Crippen MR) is 62.7 cm³/mol. The zero-order chi connectivity index (χ0) is 11.0. The lowest BCUT2D eigenvalue weighted by molar-refractivity contribution is 0.127. The fourth-order valence-corrected chi connectivity index (χ4v) is 2.09. The molecule has 2 nitrogen and oxygen atoms in total. The maximum Gasteiger partial charge on any atom is 0.0589 e.